The number of aromatic nitrogens is 4. The molecule has 0 bridgehead atoms. The number of carbonyl (C=O) groups excluding carboxylic acids is 1. The van der Waals surface area contributed by atoms with Crippen LogP contribution >= 0.6 is 23.2 Å². The second-order valence-corrected chi connectivity index (χ2v) is 14.4. The van der Waals surface area contributed by atoms with Crippen LogP contribution in [-0.4, -0.2) is 57.9 Å². The van der Waals surface area contributed by atoms with E-state index in [2.05, 4.69) is 21.4 Å². The molecule has 1 aliphatic heterocycles. The molecular weight excluding hydrogens is 637 g/mol. The molecule has 0 fully saturated rings. The molecule has 0 radical (unpaired) electrons. The molecule has 238 valence electrons. The SMILES string of the molecule is CCOC(=O)C[C@H](c1cc2c(c(CN3C[C@@H](CC)Oc4ncc(Cl)cc4S3(=O)=O)c1)CCC2)c1cc(Cl)c2c(nnn2C)c1C. The summed E-state index contributed by atoms with van der Waals surface area (Å²) in [6, 6.07) is 7.48. The highest BCUT2D eigenvalue weighted by atomic mass is 35.5. The van der Waals surface area contributed by atoms with Gasteiger partial charge in [-0.2, -0.15) is 4.31 Å². The molecule has 0 saturated heterocycles. The van der Waals surface area contributed by atoms with Gasteiger partial charge in [-0.1, -0.05) is 47.5 Å². The van der Waals surface area contributed by atoms with E-state index in [1.54, 1.807) is 18.7 Å². The summed E-state index contributed by atoms with van der Waals surface area (Å²) in [5.41, 5.74) is 7.20. The number of ether oxygens (including phenoxy) is 2. The maximum Gasteiger partial charge on any atom is 0.306 e. The van der Waals surface area contributed by atoms with Crippen LogP contribution in [0.2, 0.25) is 10.0 Å². The third-order valence-electron chi connectivity index (χ3n) is 8.80. The largest absolute Gasteiger partial charge is 0.472 e. The van der Waals surface area contributed by atoms with Crippen molar-refractivity contribution in [2.45, 2.75) is 76.3 Å². The van der Waals surface area contributed by atoms with Crippen molar-refractivity contribution in [1.82, 2.24) is 24.3 Å². The summed E-state index contributed by atoms with van der Waals surface area (Å²) in [6.45, 7) is 6.26. The Bertz CT molecular complexity index is 1910. The first-order valence-electron chi connectivity index (χ1n) is 15.1. The Morgan fingerprint density at radius 2 is 1.98 bits per heavy atom. The summed E-state index contributed by atoms with van der Waals surface area (Å²) < 4.78 is 42.7. The molecule has 0 N–H and O–H groups in total. The van der Waals surface area contributed by atoms with Gasteiger partial charge in [-0.15, -0.1) is 5.10 Å². The van der Waals surface area contributed by atoms with E-state index in [9.17, 15) is 13.2 Å². The molecule has 0 spiro atoms. The van der Waals surface area contributed by atoms with Gasteiger partial charge >= 0.3 is 5.97 Å². The van der Waals surface area contributed by atoms with Crippen LogP contribution < -0.4 is 4.74 Å². The fraction of sp³-hybridized carbons (Fsp3) is 0.438. The first kappa shape index (κ1) is 31.7. The van der Waals surface area contributed by atoms with Crippen LogP contribution in [0.1, 0.15) is 72.4 Å². The molecule has 0 amide bonds. The van der Waals surface area contributed by atoms with Crippen molar-refractivity contribution in [3.05, 3.63) is 73.9 Å². The number of hydrogen-bond acceptors (Lipinski definition) is 8. The lowest BCUT2D eigenvalue weighted by Crippen LogP contribution is -2.36. The van der Waals surface area contributed by atoms with Gasteiger partial charge in [-0.3, -0.25) is 4.79 Å². The van der Waals surface area contributed by atoms with Crippen LogP contribution in [0.3, 0.4) is 0 Å². The molecule has 3 heterocycles. The molecule has 4 aromatic rings. The number of fused-ring (bicyclic) bond motifs is 3. The van der Waals surface area contributed by atoms with E-state index >= 15 is 0 Å². The average molecular weight is 673 g/mol. The summed E-state index contributed by atoms with van der Waals surface area (Å²) in [5.74, 6) is -0.680. The zero-order valence-corrected chi connectivity index (χ0v) is 28.0. The van der Waals surface area contributed by atoms with Gasteiger partial charge in [0.05, 0.1) is 29.6 Å². The number of halogens is 2. The fourth-order valence-corrected chi connectivity index (χ4v) is 8.64. The Kier molecular flexibility index (Phi) is 8.82. The molecule has 0 unspecified atom stereocenters. The number of hydrogen-bond donors (Lipinski definition) is 0. The summed E-state index contributed by atoms with van der Waals surface area (Å²) >= 11 is 13.0. The van der Waals surface area contributed by atoms with E-state index in [4.69, 9.17) is 32.7 Å². The Morgan fingerprint density at radius 1 is 1.18 bits per heavy atom. The van der Waals surface area contributed by atoms with Crippen LogP contribution in [0.4, 0.5) is 0 Å². The molecule has 10 nitrogen and oxygen atoms in total. The lowest BCUT2D eigenvalue weighted by molar-refractivity contribution is -0.143. The number of nitrogens with zero attached hydrogens (tertiary/aromatic N) is 5. The number of pyridine rings is 1. The second kappa shape index (κ2) is 12.5. The summed E-state index contributed by atoms with van der Waals surface area (Å²) in [7, 11) is -2.21. The summed E-state index contributed by atoms with van der Waals surface area (Å²) in [5, 5.41) is 9.23. The van der Waals surface area contributed by atoms with Crippen LogP contribution in [0, 0.1) is 6.92 Å². The quantitative estimate of drug-likeness (QED) is 0.212. The highest BCUT2D eigenvalue weighted by Gasteiger charge is 2.37. The Labute approximate surface area is 272 Å². The van der Waals surface area contributed by atoms with Crippen molar-refractivity contribution in [1.29, 1.82) is 0 Å². The molecule has 6 rings (SSSR count). The maximum atomic E-state index is 14.1. The highest BCUT2D eigenvalue weighted by molar-refractivity contribution is 7.89. The van der Waals surface area contributed by atoms with Crippen LogP contribution in [-0.2, 0) is 46.0 Å². The van der Waals surface area contributed by atoms with Gasteiger partial charge in [0.2, 0.25) is 15.9 Å². The molecular formula is C32H35Cl2N5O5S. The normalized spacial score (nSPS) is 18.2. The lowest BCUT2D eigenvalue weighted by atomic mass is 9.83. The van der Waals surface area contributed by atoms with Gasteiger partial charge in [-0.25, -0.2) is 18.1 Å². The summed E-state index contributed by atoms with van der Waals surface area (Å²) in [4.78, 5) is 17.2. The lowest BCUT2D eigenvalue weighted by Gasteiger charge is -2.26. The van der Waals surface area contributed by atoms with Crippen LogP contribution in [0.5, 0.6) is 5.88 Å². The standard InChI is InChI=1S/C32H35Cl2N5O5S/c1-5-23-17-39(45(41,42)28-12-22(33)15-35-32(28)44-23)16-21-11-20(10-19-8-7-9-24(19)21)26(14-29(40)43-6-2)25-13-27(34)31-30(18(25)3)36-37-38(31)4/h10-13,15,23,26H,5-9,14,16-17H2,1-4H3/t23-,26-/m1/s1. The Morgan fingerprint density at radius 3 is 2.73 bits per heavy atom. The van der Waals surface area contributed by atoms with Crippen LogP contribution in [0.15, 0.2) is 35.4 Å². The first-order valence-corrected chi connectivity index (χ1v) is 17.3. The minimum atomic E-state index is -3.99. The smallest absolute Gasteiger partial charge is 0.306 e. The average Bonchev–Trinajstić information content (AvgIpc) is 3.62. The monoisotopic (exact) mass is 671 g/mol. The zero-order valence-electron chi connectivity index (χ0n) is 25.6. The molecule has 2 aromatic heterocycles. The van der Waals surface area contributed by atoms with E-state index in [1.165, 1.54) is 16.6 Å². The van der Waals surface area contributed by atoms with Crippen molar-refractivity contribution in [3.8, 4) is 5.88 Å². The number of benzene rings is 2. The van der Waals surface area contributed by atoms with Gasteiger partial charge in [-0.05, 0) is 85.0 Å². The predicted molar refractivity (Wildman–Crippen MR) is 171 cm³/mol. The maximum absolute atomic E-state index is 14.1. The number of rotatable bonds is 8. The van der Waals surface area contributed by atoms with E-state index < -0.39 is 15.9 Å². The van der Waals surface area contributed by atoms with E-state index in [-0.39, 0.29) is 54.0 Å². The van der Waals surface area contributed by atoms with Crippen molar-refractivity contribution in [2.75, 3.05) is 13.2 Å². The van der Waals surface area contributed by atoms with Gasteiger partial charge in [0, 0.05) is 25.7 Å². The van der Waals surface area contributed by atoms with Crippen molar-refractivity contribution >= 4 is 50.2 Å². The molecule has 2 aliphatic rings. The van der Waals surface area contributed by atoms with Gasteiger partial charge in [0.25, 0.3) is 0 Å². The number of aryl methyl sites for hydroxylation is 3. The van der Waals surface area contributed by atoms with Gasteiger partial charge < -0.3 is 9.47 Å². The van der Waals surface area contributed by atoms with E-state index in [1.807, 2.05) is 26.0 Å². The number of esters is 1. The first-order chi connectivity index (χ1) is 21.5. The number of carbonyl (C=O) groups is 1. The molecule has 1 aliphatic carbocycles. The van der Waals surface area contributed by atoms with E-state index in [0.717, 1.165) is 58.2 Å². The molecule has 2 aromatic carbocycles. The van der Waals surface area contributed by atoms with E-state index in [0.29, 0.717) is 17.0 Å². The second-order valence-electron chi connectivity index (χ2n) is 11.6. The van der Waals surface area contributed by atoms with Crippen molar-refractivity contribution in [3.63, 3.8) is 0 Å². The molecule has 13 heteroatoms. The van der Waals surface area contributed by atoms with Gasteiger partial charge in [0.1, 0.15) is 22.0 Å². The minimum absolute atomic E-state index is 0.0403. The Hall–Kier alpha value is -3.25. The topological polar surface area (TPSA) is 117 Å². The predicted octanol–water partition coefficient (Wildman–Crippen LogP) is 5.91. The van der Waals surface area contributed by atoms with Crippen molar-refractivity contribution in [2.24, 2.45) is 7.05 Å². The fourth-order valence-electron chi connectivity index (χ4n) is 6.54. The highest BCUT2D eigenvalue weighted by Crippen LogP contribution is 2.40. The van der Waals surface area contributed by atoms with Crippen LogP contribution in [0.25, 0.3) is 11.0 Å². The zero-order chi connectivity index (χ0) is 32.0. The Balaban J connectivity index is 1.48. The minimum Gasteiger partial charge on any atom is -0.472 e. The van der Waals surface area contributed by atoms with Crippen molar-refractivity contribution < 1.29 is 22.7 Å². The summed E-state index contributed by atoms with van der Waals surface area (Å²) in [6.07, 6.45) is 4.36. The third kappa shape index (κ3) is 5.91. The number of sulfonamides is 1. The molecule has 2 atom stereocenters. The third-order valence-corrected chi connectivity index (χ3v) is 11.1. The molecule has 0 saturated carbocycles. The van der Waals surface area contributed by atoms with Gasteiger partial charge in [0.15, 0.2) is 0 Å². The molecule has 45 heavy (non-hydrogen) atoms.